The van der Waals surface area contributed by atoms with E-state index >= 15 is 0 Å². The van der Waals surface area contributed by atoms with Crippen molar-refractivity contribution in [2.45, 2.75) is 33.6 Å². The average molecular weight is 306 g/mol. The fourth-order valence-corrected chi connectivity index (χ4v) is 3.26. The third-order valence-corrected chi connectivity index (χ3v) is 4.68. The predicted octanol–water partition coefficient (Wildman–Crippen LogP) is 1.73. The average Bonchev–Trinajstić information content (AvgIpc) is 2.91. The molecule has 1 fully saturated rings. The van der Waals surface area contributed by atoms with Crippen LogP contribution in [0.2, 0.25) is 0 Å². The minimum absolute atomic E-state index is 0.256. The highest BCUT2D eigenvalue weighted by molar-refractivity contribution is 5.47. The number of nitrogens with zero attached hydrogens (tertiary/aromatic N) is 4. The van der Waals surface area contributed by atoms with Gasteiger partial charge in [0, 0.05) is 43.9 Å². The monoisotopic (exact) mass is 306 g/mol. The molecule has 1 aromatic heterocycles. The van der Waals surface area contributed by atoms with Crippen molar-refractivity contribution in [1.82, 2.24) is 14.9 Å². The molecule has 5 nitrogen and oxygen atoms in total. The van der Waals surface area contributed by atoms with E-state index in [9.17, 15) is 5.11 Å². The Balaban J connectivity index is 2.18. The molecule has 0 unspecified atom stereocenters. The van der Waals surface area contributed by atoms with Crippen LogP contribution in [0.25, 0.3) is 0 Å². The van der Waals surface area contributed by atoms with Crippen molar-refractivity contribution in [3.05, 3.63) is 17.6 Å². The van der Waals surface area contributed by atoms with Crippen molar-refractivity contribution in [3.8, 4) is 0 Å². The topological polar surface area (TPSA) is 52.5 Å². The summed E-state index contributed by atoms with van der Waals surface area (Å²) in [5.74, 6) is 2.73. The van der Waals surface area contributed by atoms with E-state index in [4.69, 9.17) is 4.98 Å². The lowest BCUT2D eigenvalue weighted by Gasteiger charge is -2.23. The highest BCUT2D eigenvalue weighted by Crippen LogP contribution is 2.30. The van der Waals surface area contributed by atoms with Gasteiger partial charge in [0.25, 0.3) is 0 Å². The van der Waals surface area contributed by atoms with E-state index < -0.39 is 0 Å². The SMILES string of the molecule is CCCc1cnc(C)nc1N1C[C@@H](CN(C)CC)[C@@H](CO)C1. The molecular formula is C17H30N4O. The molecule has 5 heteroatoms. The van der Waals surface area contributed by atoms with Gasteiger partial charge in [-0.25, -0.2) is 9.97 Å². The zero-order valence-corrected chi connectivity index (χ0v) is 14.4. The first-order valence-electron chi connectivity index (χ1n) is 8.45. The highest BCUT2D eigenvalue weighted by atomic mass is 16.3. The molecule has 0 aliphatic carbocycles. The molecule has 0 amide bonds. The van der Waals surface area contributed by atoms with Crippen LogP contribution in [-0.2, 0) is 6.42 Å². The van der Waals surface area contributed by atoms with Crippen LogP contribution < -0.4 is 4.90 Å². The lowest BCUT2D eigenvalue weighted by molar-refractivity contribution is 0.178. The summed E-state index contributed by atoms with van der Waals surface area (Å²) in [6, 6.07) is 0. The first kappa shape index (κ1) is 17.2. The molecule has 1 aliphatic rings. The van der Waals surface area contributed by atoms with E-state index in [1.807, 2.05) is 13.1 Å². The second-order valence-electron chi connectivity index (χ2n) is 6.48. The molecule has 0 radical (unpaired) electrons. The molecular weight excluding hydrogens is 276 g/mol. The molecule has 0 spiro atoms. The van der Waals surface area contributed by atoms with E-state index in [2.05, 4.69) is 35.7 Å². The summed E-state index contributed by atoms with van der Waals surface area (Å²) in [5.41, 5.74) is 1.23. The van der Waals surface area contributed by atoms with Gasteiger partial charge in [0.05, 0.1) is 0 Å². The van der Waals surface area contributed by atoms with Crippen molar-refractivity contribution in [2.24, 2.45) is 11.8 Å². The summed E-state index contributed by atoms with van der Waals surface area (Å²) >= 11 is 0. The van der Waals surface area contributed by atoms with Crippen LogP contribution in [0.1, 0.15) is 31.7 Å². The van der Waals surface area contributed by atoms with Crippen LogP contribution in [0, 0.1) is 18.8 Å². The first-order chi connectivity index (χ1) is 10.6. The van der Waals surface area contributed by atoms with Gasteiger partial charge in [0.15, 0.2) is 0 Å². The largest absolute Gasteiger partial charge is 0.396 e. The van der Waals surface area contributed by atoms with Crippen LogP contribution >= 0.6 is 0 Å². The Morgan fingerprint density at radius 3 is 2.68 bits per heavy atom. The van der Waals surface area contributed by atoms with Crippen molar-refractivity contribution < 1.29 is 5.11 Å². The summed E-state index contributed by atoms with van der Waals surface area (Å²) in [5, 5.41) is 9.74. The van der Waals surface area contributed by atoms with Crippen LogP contribution in [0.3, 0.4) is 0 Å². The molecule has 2 heterocycles. The van der Waals surface area contributed by atoms with E-state index in [1.165, 1.54) is 5.56 Å². The van der Waals surface area contributed by atoms with Crippen molar-refractivity contribution >= 4 is 5.82 Å². The first-order valence-corrected chi connectivity index (χ1v) is 8.45. The van der Waals surface area contributed by atoms with Gasteiger partial charge in [0.1, 0.15) is 11.6 Å². The van der Waals surface area contributed by atoms with E-state index in [0.717, 1.165) is 50.7 Å². The molecule has 1 saturated heterocycles. The fourth-order valence-electron chi connectivity index (χ4n) is 3.26. The summed E-state index contributed by atoms with van der Waals surface area (Å²) in [7, 11) is 2.15. The molecule has 22 heavy (non-hydrogen) atoms. The zero-order chi connectivity index (χ0) is 16.1. The highest BCUT2D eigenvalue weighted by Gasteiger charge is 2.34. The Labute approximate surface area is 134 Å². The number of hydrogen-bond acceptors (Lipinski definition) is 5. The van der Waals surface area contributed by atoms with Crippen molar-refractivity contribution in [1.29, 1.82) is 0 Å². The lowest BCUT2D eigenvalue weighted by atomic mass is 9.96. The van der Waals surface area contributed by atoms with Crippen LogP contribution in [0.5, 0.6) is 0 Å². The Morgan fingerprint density at radius 2 is 2.05 bits per heavy atom. The van der Waals surface area contributed by atoms with Gasteiger partial charge in [-0.05, 0) is 32.9 Å². The maximum absolute atomic E-state index is 9.74. The maximum atomic E-state index is 9.74. The van der Waals surface area contributed by atoms with Gasteiger partial charge in [-0.2, -0.15) is 0 Å². The molecule has 1 aromatic rings. The number of aryl methyl sites for hydroxylation is 2. The molecule has 124 valence electrons. The van der Waals surface area contributed by atoms with Crippen LogP contribution in [0.4, 0.5) is 5.82 Å². The molecule has 2 atom stereocenters. The normalized spacial score (nSPS) is 21.8. The molecule has 0 saturated carbocycles. The number of rotatable bonds is 7. The molecule has 1 aliphatic heterocycles. The van der Waals surface area contributed by atoms with Gasteiger partial charge in [-0.1, -0.05) is 20.3 Å². The Hall–Kier alpha value is -1.20. The van der Waals surface area contributed by atoms with Gasteiger partial charge >= 0.3 is 0 Å². The minimum atomic E-state index is 0.256. The van der Waals surface area contributed by atoms with Crippen LogP contribution in [0.15, 0.2) is 6.20 Å². The number of aliphatic hydroxyl groups is 1. The van der Waals surface area contributed by atoms with Crippen LogP contribution in [-0.4, -0.2) is 59.8 Å². The smallest absolute Gasteiger partial charge is 0.135 e. The zero-order valence-electron chi connectivity index (χ0n) is 14.4. The molecule has 1 N–H and O–H groups in total. The standard InChI is InChI=1S/C17H30N4O/c1-5-7-14-8-18-13(3)19-17(14)21-10-15(9-20(4)6-2)16(11-21)12-22/h8,15-16,22H,5-7,9-12H2,1-4H3/t15-,16-/m1/s1. The number of aromatic nitrogens is 2. The van der Waals surface area contributed by atoms with Gasteiger partial charge in [-0.3, -0.25) is 0 Å². The molecule has 2 rings (SSSR count). The number of hydrogen-bond donors (Lipinski definition) is 1. The summed E-state index contributed by atoms with van der Waals surface area (Å²) in [4.78, 5) is 13.7. The van der Waals surface area contributed by atoms with Gasteiger partial charge < -0.3 is 14.9 Å². The Kier molecular flexibility index (Phi) is 6.15. The Morgan fingerprint density at radius 1 is 1.32 bits per heavy atom. The summed E-state index contributed by atoms with van der Waals surface area (Å²) < 4.78 is 0. The predicted molar refractivity (Wildman–Crippen MR) is 90.2 cm³/mol. The maximum Gasteiger partial charge on any atom is 0.135 e. The van der Waals surface area contributed by atoms with E-state index in [0.29, 0.717) is 11.8 Å². The summed E-state index contributed by atoms with van der Waals surface area (Å²) in [6.07, 6.45) is 4.08. The number of anilines is 1. The van der Waals surface area contributed by atoms with Gasteiger partial charge in [0.2, 0.25) is 0 Å². The molecule has 0 bridgehead atoms. The van der Waals surface area contributed by atoms with Gasteiger partial charge in [-0.15, -0.1) is 0 Å². The quantitative estimate of drug-likeness (QED) is 0.831. The number of aliphatic hydroxyl groups excluding tert-OH is 1. The second kappa shape index (κ2) is 7.88. The second-order valence-corrected chi connectivity index (χ2v) is 6.48. The summed E-state index contributed by atoms with van der Waals surface area (Å²) in [6.45, 7) is 10.5. The van der Waals surface area contributed by atoms with Crippen molar-refractivity contribution in [3.63, 3.8) is 0 Å². The minimum Gasteiger partial charge on any atom is -0.396 e. The third-order valence-electron chi connectivity index (χ3n) is 4.68. The fraction of sp³-hybridized carbons (Fsp3) is 0.765. The van der Waals surface area contributed by atoms with Crippen molar-refractivity contribution in [2.75, 3.05) is 44.7 Å². The lowest BCUT2D eigenvalue weighted by Crippen LogP contribution is -2.31. The third kappa shape index (κ3) is 3.96. The van der Waals surface area contributed by atoms with E-state index in [1.54, 1.807) is 0 Å². The Bertz CT molecular complexity index is 480. The van der Waals surface area contributed by atoms with E-state index in [-0.39, 0.29) is 6.61 Å². The molecule has 0 aromatic carbocycles.